The Labute approximate surface area is 153 Å². The number of nitrogens with one attached hydrogen (secondary N) is 2. The normalized spacial score (nSPS) is 11.5. The zero-order chi connectivity index (χ0) is 18.6. The first-order valence-corrected chi connectivity index (χ1v) is 10.6. The van der Waals surface area contributed by atoms with Crippen molar-refractivity contribution in [3.05, 3.63) is 45.1 Å². The molecule has 2 aromatic rings. The van der Waals surface area contributed by atoms with Crippen LogP contribution in [-0.4, -0.2) is 21.4 Å². The highest BCUT2D eigenvalue weighted by atomic mass is 32.2. The van der Waals surface area contributed by atoms with E-state index in [0.29, 0.717) is 16.1 Å². The van der Waals surface area contributed by atoms with Crippen LogP contribution in [0.15, 0.2) is 29.2 Å². The van der Waals surface area contributed by atoms with Gasteiger partial charge in [-0.1, -0.05) is 26.3 Å². The van der Waals surface area contributed by atoms with Crippen LogP contribution < -0.4 is 10.0 Å². The van der Waals surface area contributed by atoms with Gasteiger partial charge in [-0.25, -0.2) is 13.1 Å². The summed E-state index contributed by atoms with van der Waals surface area (Å²) in [4.78, 5) is 14.6. The van der Waals surface area contributed by atoms with Crippen LogP contribution in [0.25, 0.3) is 0 Å². The van der Waals surface area contributed by atoms with Crippen LogP contribution in [0.4, 0.5) is 5.69 Å². The molecule has 0 bridgehead atoms. The molecule has 1 aromatic heterocycles. The molecule has 25 heavy (non-hydrogen) atoms. The number of rotatable bonds is 7. The molecule has 0 aliphatic carbocycles. The Morgan fingerprint density at radius 3 is 2.52 bits per heavy atom. The number of benzene rings is 1. The fraction of sp³-hybridized carbons (Fsp3) is 0.389. The number of sulfonamides is 1. The van der Waals surface area contributed by atoms with Crippen molar-refractivity contribution in [3.8, 4) is 0 Å². The van der Waals surface area contributed by atoms with E-state index in [1.165, 1.54) is 34.9 Å². The van der Waals surface area contributed by atoms with E-state index in [1.54, 1.807) is 19.1 Å². The van der Waals surface area contributed by atoms with Crippen molar-refractivity contribution in [2.75, 3.05) is 12.4 Å². The second-order valence-electron chi connectivity index (χ2n) is 5.80. The van der Waals surface area contributed by atoms with E-state index in [1.807, 2.05) is 6.07 Å². The molecule has 5 nitrogen and oxygen atoms in total. The minimum atomic E-state index is -3.56. The van der Waals surface area contributed by atoms with Crippen molar-refractivity contribution < 1.29 is 13.2 Å². The van der Waals surface area contributed by atoms with E-state index in [2.05, 4.69) is 23.9 Å². The third kappa shape index (κ3) is 4.48. The summed E-state index contributed by atoms with van der Waals surface area (Å²) in [5, 5.41) is 2.81. The van der Waals surface area contributed by atoms with Gasteiger partial charge in [-0.2, -0.15) is 0 Å². The number of thiophene rings is 1. The van der Waals surface area contributed by atoms with Gasteiger partial charge in [0.1, 0.15) is 0 Å². The van der Waals surface area contributed by atoms with Crippen LogP contribution in [0.3, 0.4) is 0 Å². The standard InChI is InChI=1S/C18H24N2O3S2/c1-5-7-15-13(6-2)10-16(24-15)18(21)20-14-9-8-12(3)17(11-14)25(22,23)19-4/h8-11,19H,5-7H2,1-4H3,(H,20,21). The molecule has 136 valence electrons. The molecule has 0 aliphatic heterocycles. The smallest absolute Gasteiger partial charge is 0.265 e. The summed E-state index contributed by atoms with van der Waals surface area (Å²) in [5.41, 5.74) is 2.30. The lowest BCUT2D eigenvalue weighted by atomic mass is 10.1. The minimum absolute atomic E-state index is 0.167. The molecule has 7 heteroatoms. The number of amides is 1. The second-order valence-corrected chi connectivity index (χ2v) is 8.80. The van der Waals surface area contributed by atoms with E-state index in [4.69, 9.17) is 0 Å². The maximum absolute atomic E-state index is 12.5. The van der Waals surface area contributed by atoms with Crippen molar-refractivity contribution in [1.29, 1.82) is 0 Å². The molecule has 0 unspecified atom stereocenters. The summed E-state index contributed by atoms with van der Waals surface area (Å²) < 4.78 is 26.4. The number of hydrogen-bond acceptors (Lipinski definition) is 4. The average molecular weight is 381 g/mol. The molecule has 0 atom stereocenters. The van der Waals surface area contributed by atoms with Gasteiger partial charge in [0.05, 0.1) is 9.77 Å². The van der Waals surface area contributed by atoms with Crippen LogP contribution >= 0.6 is 11.3 Å². The summed E-state index contributed by atoms with van der Waals surface area (Å²) in [6.45, 7) is 5.92. The quantitative estimate of drug-likeness (QED) is 0.768. The highest BCUT2D eigenvalue weighted by molar-refractivity contribution is 7.89. The first-order chi connectivity index (χ1) is 11.8. The predicted octanol–water partition coefficient (Wildman–Crippen LogP) is 3.73. The predicted molar refractivity (Wildman–Crippen MR) is 103 cm³/mol. The van der Waals surface area contributed by atoms with Gasteiger partial charge in [0.25, 0.3) is 5.91 Å². The van der Waals surface area contributed by atoms with Gasteiger partial charge in [-0.3, -0.25) is 4.79 Å². The Hall–Kier alpha value is -1.70. The number of carbonyl (C=O) groups is 1. The summed E-state index contributed by atoms with van der Waals surface area (Å²) in [6, 6.07) is 6.82. The number of carbonyl (C=O) groups excluding carboxylic acids is 1. The maximum atomic E-state index is 12.5. The van der Waals surface area contributed by atoms with E-state index in [-0.39, 0.29) is 10.8 Å². The molecule has 1 heterocycles. The van der Waals surface area contributed by atoms with Gasteiger partial charge in [0, 0.05) is 10.6 Å². The zero-order valence-electron chi connectivity index (χ0n) is 15.0. The molecule has 1 aromatic carbocycles. The van der Waals surface area contributed by atoms with Crippen LogP contribution in [-0.2, 0) is 22.9 Å². The summed E-state index contributed by atoms with van der Waals surface area (Å²) in [5.74, 6) is -0.210. The Balaban J connectivity index is 2.28. The van der Waals surface area contributed by atoms with E-state index in [0.717, 1.165) is 19.3 Å². The lowest BCUT2D eigenvalue weighted by molar-refractivity contribution is 0.103. The number of anilines is 1. The third-order valence-electron chi connectivity index (χ3n) is 3.98. The molecule has 2 rings (SSSR count). The van der Waals surface area contributed by atoms with E-state index in [9.17, 15) is 13.2 Å². The largest absolute Gasteiger partial charge is 0.321 e. The van der Waals surface area contributed by atoms with Gasteiger partial charge in [-0.15, -0.1) is 11.3 Å². The van der Waals surface area contributed by atoms with Gasteiger partial charge >= 0.3 is 0 Å². The van der Waals surface area contributed by atoms with Crippen LogP contribution in [0.2, 0.25) is 0 Å². The molecule has 0 aliphatic rings. The molecule has 0 saturated carbocycles. The first-order valence-electron chi connectivity index (χ1n) is 8.29. The van der Waals surface area contributed by atoms with Crippen molar-refractivity contribution in [3.63, 3.8) is 0 Å². The van der Waals surface area contributed by atoms with Crippen molar-refractivity contribution in [2.24, 2.45) is 0 Å². The van der Waals surface area contributed by atoms with Gasteiger partial charge < -0.3 is 5.32 Å². The lowest BCUT2D eigenvalue weighted by Crippen LogP contribution is -2.20. The maximum Gasteiger partial charge on any atom is 0.265 e. The Bertz CT molecular complexity index is 870. The Kier molecular flexibility index (Phi) is 6.37. The third-order valence-corrected chi connectivity index (χ3v) is 6.77. The molecule has 0 fully saturated rings. The van der Waals surface area contributed by atoms with Gasteiger partial charge in [-0.05, 0) is 56.1 Å². The molecule has 2 N–H and O–H groups in total. The molecule has 0 saturated heterocycles. The van der Waals surface area contributed by atoms with Crippen LogP contribution in [0, 0.1) is 6.92 Å². The fourth-order valence-corrected chi connectivity index (χ4v) is 4.83. The molecular weight excluding hydrogens is 356 g/mol. The van der Waals surface area contributed by atoms with Crippen molar-refractivity contribution >= 4 is 33.0 Å². The Morgan fingerprint density at radius 1 is 1.20 bits per heavy atom. The topological polar surface area (TPSA) is 75.3 Å². The average Bonchev–Trinajstić information content (AvgIpc) is 3.00. The Morgan fingerprint density at radius 2 is 1.92 bits per heavy atom. The monoisotopic (exact) mass is 380 g/mol. The SMILES string of the molecule is CCCc1sc(C(=O)Nc2ccc(C)c(S(=O)(=O)NC)c2)cc1CC. The van der Waals surface area contributed by atoms with E-state index >= 15 is 0 Å². The van der Waals surface area contributed by atoms with Crippen molar-refractivity contribution in [1.82, 2.24) is 4.72 Å². The second kappa shape index (κ2) is 8.12. The van der Waals surface area contributed by atoms with Crippen LogP contribution in [0.1, 0.15) is 45.9 Å². The van der Waals surface area contributed by atoms with E-state index < -0.39 is 10.0 Å². The summed E-state index contributed by atoms with van der Waals surface area (Å²) >= 11 is 1.51. The summed E-state index contributed by atoms with van der Waals surface area (Å²) in [7, 11) is -2.20. The minimum Gasteiger partial charge on any atom is -0.321 e. The molecular formula is C18H24N2O3S2. The zero-order valence-corrected chi connectivity index (χ0v) is 16.6. The van der Waals surface area contributed by atoms with Gasteiger partial charge in [0.15, 0.2) is 0 Å². The lowest BCUT2D eigenvalue weighted by Gasteiger charge is -2.10. The number of hydrogen-bond donors (Lipinski definition) is 2. The highest BCUT2D eigenvalue weighted by Crippen LogP contribution is 2.26. The van der Waals surface area contributed by atoms with Crippen LogP contribution in [0.5, 0.6) is 0 Å². The number of aryl methyl sites for hydroxylation is 3. The molecule has 1 amide bonds. The van der Waals surface area contributed by atoms with Gasteiger partial charge in [0.2, 0.25) is 10.0 Å². The fourth-order valence-electron chi connectivity index (χ4n) is 2.59. The highest BCUT2D eigenvalue weighted by Gasteiger charge is 2.17. The van der Waals surface area contributed by atoms with Crippen molar-refractivity contribution in [2.45, 2.75) is 44.9 Å². The molecule has 0 spiro atoms. The first kappa shape index (κ1) is 19.6. The molecule has 0 radical (unpaired) electrons. The summed E-state index contributed by atoms with van der Waals surface area (Å²) in [6.07, 6.45) is 2.90.